The van der Waals surface area contributed by atoms with Gasteiger partial charge in [-0.25, -0.2) is 8.42 Å². The first kappa shape index (κ1) is 28.9. The Bertz CT molecular complexity index is 1150. The van der Waals surface area contributed by atoms with E-state index >= 15 is 0 Å². The van der Waals surface area contributed by atoms with Crippen LogP contribution in [0.4, 0.5) is 5.69 Å². The predicted molar refractivity (Wildman–Crippen MR) is 155 cm³/mol. The molecule has 0 saturated carbocycles. The van der Waals surface area contributed by atoms with Gasteiger partial charge in [0, 0.05) is 38.9 Å². The molecule has 200 valence electrons. The van der Waals surface area contributed by atoms with Gasteiger partial charge in [0.1, 0.15) is 0 Å². The molecule has 0 saturated heterocycles. The number of nitrogens with one attached hydrogen (secondary N) is 1. The summed E-state index contributed by atoms with van der Waals surface area (Å²) in [6.45, 7) is 12.1. The third kappa shape index (κ3) is 8.99. The van der Waals surface area contributed by atoms with E-state index in [1.54, 1.807) is 29.6 Å². The maximum absolute atomic E-state index is 13.7. The van der Waals surface area contributed by atoms with Crippen molar-refractivity contribution in [3.05, 3.63) is 96.1 Å². The average molecular weight is 522 g/mol. The third-order valence-electron chi connectivity index (χ3n) is 6.54. The van der Waals surface area contributed by atoms with Crippen LogP contribution in [0.5, 0.6) is 0 Å². The van der Waals surface area contributed by atoms with Crippen molar-refractivity contribution >= 4 is 15.7 Å². The molecule has 0 aliphatic carbocycles. The van der Waals surface area contributed by atoms with Crippen molar-refractivity contribution in [1.82, 2.24) is 9.21 Å². The summed E-state index contributed by atoms with van der Waals surface area (Å²) in [6, 6.07) is 28.2. The lowest BCUT2D eigenvalue weighted by atomic mass is 9.88. The Hall–Kier alpha value is -2.67. The highest BCUT2D eigenvalue weighted by Crippen LogP contribution is 2.28. The minimum atomic E-state index is -3.62. The fourth-order valence-corrected chi connectivity index (χ4v) is 6.37. The number of anilines is 1. The van der Waals surface area contributed by atoms with Crippen LogP contribution in [-0.4, -0.2) is 44.3 Å². The highest BCUT2D eigenvalue weighted by molar-refractivity contribution is 7.89. The number of benzene rings is 3. The number of hydrogen-bond acceptors (Lipinski definition) is 4. The monoisotopic (exact) mass is 521 g/mol. The zero-order valence-corrected chi connectivity index (χ0v) is 23.8. The first-order valence-electron chi connectivity index (χ1n) is 13.2. The smallest absolute Gasteiger partial charge is 0.243 e. The molecule has 0 heterocycles. The van der Waals surface area contributed by atoms with Gasteiger partial charge in [0.15, 0.2) is 0 Å². The van der Waals surface area contributed by atoms with Crippen molar-refractivity contribution in [1.29, 1.82) is 0 Å². The van der Waals surface area contributed by atoms with E-state index in [2.05, 4.69) is 86.4 Å². The first-order chi connectivity index (χ1) is 17.6. The first-order valence-corrected chi connectivity index (χ1v) is 14.6. The largest absolute Gasteiger partial charge is 0.388 e. The van der Waals surface area contributed by atoms with Gasteiger partial charge >= 0.3 is 0 Å². The van der Waals surface area contributed by atoms with Crippen LogP contribution in [0.2, 0.25) is 0 Å². The van der Waals surface area contributed by atoms with Crippen LogP contribution >= 0.6 is 0 Å². The molecule has 37 heavy (non-hydrogen) atoms. The number of rotatable bonds is 14. The fourth-order valence-electron chi connectivity index (χ4n) is 4.53. The second-order valence-electron chi connectivity index (χ2n) is 11.1. The van der Waals surface area contributed by atoms with Crippen LogP contribution in [-0.2, 0) is 23.1 Å². The summed E-state index contributed by atoms with van der Waals surface area (Å²) < 4.78 is 29.1. The molecule has 0 spiro atoms. The summed E-state index contributed by atoms with van der Waals surface area (Å²) in [5.74, 6) is 0.228. The SMILES string of the molecule is CNc1cccc(S(=O)(=O)N(CC(C)C)CC(C)(C)CCN(Cc2ccccc2)Cc2ccccc2)c1. The summed E-state index contributed by atoms with van der Waals surface area (Å²) in [6.07, 6.45) is 0.882. The van der Waals surface area contributed by atoms with Crippen LogP contribution in [0.3, 0.4) is 0 Å². The van der Waals surface area contributed by atoms with E-state index in [1.165, 1.54) is 11.1 Å². The Morgan fingerprint density at radius 3 is 1.92 bits per heavy atom. The topological polar surface area (TPSA) is 52.7 Å². The zero-order chi connectivity index (χ0) is 26.9. The molecule has 0 aromatic heterocycles. The number of nitrogens with zero attached hydrogens (tertiary/aromatic N) is 2. The Kier molecular flexibility index (Phi) is 10.3. The van der Waals surface area contributed by atoms with Crippen molar-refractivity contribution < 1.29 is 8.42 Å². The summed E-state index contributed by atoms with van der Waals surface area (Å²) in [5, 5.41) is 3.05. The van der Waals surface area contributed by atoms with E-state index < -0.39 is 10.0 Å². The Morgan fingerprint density at radius 2 is 1.41 bits per heavy atom. The van der Waals surface area contributed by atoms with Gasteiger partial charge in [-0.05, 0) is 53.6 Å². The molecule has 3 aromatic rings. The second kappa shape index (κ2) is 13.2. The maximum Gasteiger partial charge on any atom is 0.243 e. The van der Waals surface area contributed by atoms with Gasteiger partial charge < -0.3 is 5.32 Å². The number of hydrogen-bond donors (Lipinski definition) is 1. The van der Waals surface area contributed by atoms with E-state index in [-0.39, 0.29) is 11.3 Å². The average Bonchev–Trinajstić information content (AvgIpc) is 2.88. The van der Waals surface area contributed by atoms with Gasteiger partial charge in [-0.1, -0.05) is 94.4 Å². The van der Waals surface area contributed by atoms with E-state index in [0.29, 0.717) is 18.0 Å². The van der Waals surface area contributed by atoms with Gasteiger partial charge in [-0.15, -0.1) is 0 Å². The number of sulfonamides is 1. The Balaban J connectivity index is 1.76. The lowest BCUT2D eigenvalue weighted by Gasteiger charge is -2.35. The van der Waals surface area contributed by atoms with E-state index in [9.17, 15) is 8.42 Å². The standard InChI is InChI=1S/C31H43N3O2S/c1-26(2)22-34(37(35,36)30-18-12-17-29(21-30)32-5)25-31(3,4)19-20-33(23-27-13-8-6-9-14-27)24-28-15-10-7-11-16-28/h6-18,21,26,32H,19-20,22-25H2,1-5H3. The molecule has 0 aliphatic rings. The van der Waals surface area contributed by atoms with Gasteiger partial charge in [-0.2, -0.15) is 4.31 Å². The molecule has 0 bridgehead atoms. The molecule has 0 radical (unpaired) electrons. The molecule has 3 aromatic carbocycles. The lowest BCUT2D eigenvalue weighted by Crippen LogP contribution is -2.42. The van der Waals surface area contributed by atoms with E-state index in [4.69, 9.17) is 0 Å². The molecule has 1 N–H and O–H groups in total. The van der Waals surface area contributed by atoms with Crippen molar-refractivity contribution in [2.45, 2.75) is 52.1 Å². The van der Waals surface area contributed by atoms with Gasteiger partial charge in [0.2, 0.25) is 10.0 Å². The molecule has 0 aliphatic heterocycles. The molecule has 0 unspecified atom stereocenters. The normalized spacial score (nSPS) is 12.4. The highest BCUT2D eigenvalue weighted by atomic mass is 32.2. The van der Waals surface area contributed by atoms with Crippen molar-refractivity contribution in [3.8, 4) is 0 Å². The van der Waals surface area contributed by atoms with Crippen LogP contribution in [0.25, 0.3) is 0 Å². The molecule has 3 rings (SSSR count). The Morgan fingerprint density at radius 1 is 0.838 bits per heavy atom. The highest BCUT2D eigenvalue weighted by Gasteiger charge is 2.31. The molecule has 0 fully saturated rings. The van der Waals surface area contributed by atoms with Crippen LogP contribution in [0, 0.1) is 11.3 Å². The lowest BCUT2D eigenvalue weighted by molar-refractivity contribution is 0.176. The van der Waals surface area contributed by atoms with Gasteiger partial charge in [0.05, 0.1) is 4.90 Å². The quantitative estimate of drug-likeness (QED) is 0.263. The minimum Gasteiger partial charge on any atom is -0.388 e. The molecule has 0 atom stereocenters. The summed E-state index contributed by atoms with van der Waals surface area (Å²) >= 11 is 0. The summed E-state index contributed by atoms with van der Waals surface area (Å²) in [4.78, 5) is 2.80. The predicted octanol–water partition coefficient (Wildman–Crippen LogP) is 6.49. The zero-order valence-electron chi connectivity index (χ0n) is 23.0. The van der Waals surface area contributed by atoms with Crippen molar-refractivity contribution in [2.24, 2.45) is 11.3 Å². The van der Waals surface area contributed by atoms with Crippen LogP contribution in [0.1, 0.15) is 45.2 Å². The molecular weight excluding hydrogens is 478 g/mol. The van der Waals surface area contributed by atoms with Gasteiger partial charge in [0.25, 0.3) is 0 Å². The van der Waals surface area contributed by atoms with E-state index in [0.717, 1.165) is 31.7 Å². The molecule has 0 amide bonds. The summed E-state index contributed by atoms with van der Waals surface area (Å²) in [7, 11) is -1.81. The van der Waals surface area contributed by atoms with Crippen molar-refractivity contribution in [3.63, 3.8) is 0 Å². The fraction of sp³-hybridized carbons (Fsp3) is 0.419. The minimum absolute atomic E-state index is 0.200. The molecule has 6 heteroatoms. The van der Waals surface area contributed by atoms with Crippen molar-refractivity contribution in [2.75, 3.05) is 32.0 Å². The van der Waals surface area contributed by atoms with E-state index in [1.807, 2.05) is 18.2 Å². The van der Waals surface area contributed by atoms with Crippen LogP contribution < -0.4 is 5.32 Å². The molecular formula is C31H43N3O2S. The third-order valence-corrected chi connectivity index (χ3v) is 8.34. The maximum atomic E-state index is 13.7. The second-order valence-corrected chi connectivity index (χ2v) is 13.0. The van der Waals surface area contributed by atoms with Gasteiger partial charge in [-0.3, -0.25) is 4.90 Å². The molecule has 5 nitrogen and oxygen atoms in total. The van der Waals surface area contributed by atoms with Crippen LogP contribution in [0.15, 0.2) is 89.8 Å². The summed E-state index contributed by atoms with van der Waals surface area (Å²) in [5.41, 5.74) is 3.16. The Labute approximate surface area is 224 Å².